The number of hydrogen-bond donors (Lipinski definition) is 7. The van der Waals surface area contributed by atoms with Gasteiger partial charge >= 0.3 is 0 Å². The largest absolute Gasteiger partial charge is 0.504 e. The highest BCUT2D eigenvalue weighted by atomic mass is 16.4. The number of phenolic OH excluding ortho intramolecular Hbond substituents is 2. The Morgan fingerprint density at radius 1 is 1.03 bits per heavy atom. The van der Waals surface area contributed by atoms with Gasteiger partial charge in [0.1, 0.15) is 6.04 Å². The molecule has 0 unspecified atom stereocenters. The molecular formula is C20H32N4O7. The SMILES string of the molecule is CC(=O)O.CC(C)C[C@H](NC(=O)CNC(=O)CN)C(=O)NCCc1ccc(O)c(O)c1. The van der Waals surface area contributed by atoms with Gasteiger partial charge in [0.2, 0.25) is 17.7 Å². The first-order chi connectivity index (χ1) is 14.5. The molecule has 0 aliphatic heterocycles. The molecule has 0 aromatic heterocycles. The van der Waals surface area contributed by atoms with Crippen molar-refractivity contribution in [3.05, 3.63) is 23.8 Å². The molecule has 11 heteroatoms. The smallest absolute Gasteiger partial charge is 0.300 e. The van der Waals surface area contributed by atoms with Gasteiger partial charge in [-0.3, -0.25) is 19.2 Å². The fourth-order valence-corrected chi connectivity index (χ4v) is 2.38. The molecule has 0 saturated heterocycles. The number of rotatable bonds is 10. The first kappa shape index (κ1) is 27.7. The van der Waals surface area contributed by atoms with Crippen molar-refractivity contribution in [2.45, 2.75) is 39.7 Å². The van der Waals surface area contributed by atoms with Crippen LogP contribution in [0.5, 0.6) is 11.5 Å². The lowest BCUT2D eigenvalue weighted by Gasteiger charge is -2.20. The van der Waals surface area contributed by atoms with E-state index in [2.05, 4.69) is 16.0 Å². The van der Waals surface area contributed by atoms with Crippen LogP contribution in [0.3, 0.4) is 0 Å². The van der Waals surface area contributed by atoms with Crippen LogP contribution in [0.4, 0.5) is 0 Å². The van der Waals surface area contributed by atoms with Gasteiger partial charge in [0, 0.05) is 13.5 Å². The molecule has 1 atom stereocenters. The average Bonchev–Trinajstić information content (AvgIpc) is 2.67. The second kappa shape index (κ2) is 14.6. The highest BCUT2D eigenvalue weighted by Crippen LogP contribution is 2.24. The number of carboxylic acids is 1. The first-order valence-corrected chi connectivity index (χ1v) is 9.70. The van der Waals surface area contributed by atoms with Gasteiger partial charge in [-0.15, -0.1) is 0 Å². The highest BCUT2D eigenvalue weighted by molar-refractivity contribution is 5.90. The maximum absolute atomic E-state index is 12.4. The summed E-state index contributed by atoms with van der Waals surface area (Å²) in [7, 11) is 0. The Kier molecular flexibility index (Phi) is 13.0. The summed E-state index contributed by atoms with van der Waals surface area (Å²) in [6, 6.07) is 3.73. The van der Waals surface area contributed by atoms with Crippen molar-refractivity contribution in [2.75, 3.05) is 19.6 Å². The van der Waals surface area contributed by atoms with Crippen LogP contribution in [0.15, 0.2) is 18.2 Å². The van der Waals surface area contributed by atoms with Crippen LogP contribution in [-0.4, -0.2) is 64.7 Å². The standard InChI is InChI=1S/C18H28N4O5.C2H4O2/c1-11(2)7-13(22-17(26)10-21-16(25)9-19)18(27)20-6-5-12-3-4-14(23)15(24)8-12;1-2(3)4/h3-4,8,11,13,23-24H,5-7,9-10,19H2,1-2H3,(H,20,27)(H,21,25)(H,22,26);1H3,(H,3,4)/t13-;/m0./s1. The number of benzene rings is 1. The first-order valence-electron chi connectivity index (χ1n) is 9.70. The number of nitrogens with one attached hydrogen (secondary N) is 3. The van der Waals surface area contributed by atoms with Crippen LogP contribution in [-0.2, 0) is 25.6 Å². The van der Waals surface area contributed by atoms with Gasteiger partial charge in [0.15, 0.2) is 11.5 Å². The number of hydrogen-bond acceptors (Lipinski definition) is 7. The van der Waals surface area contributed by atoms with Gasteiger partial charge < -0.3 is 37.0 Å². The van der Waals surface area contributed by atoms with Crippen LogP contribution >= 0.6 is 0 Å². The van der Waals surface area contributed by atoms with Crippen molar-refractivity contribution >= 4 is 23.7 Å². The van der Waals surface area contributed by atoms with E-state index in [1.165, 1.54) is 12.1 Å². The molecule has 0 fully saturated rings. The molecule has 3 amide bonds. The summed E-state index contributed by atoms with van der Waals surface area (Å²) in [6.07, 6.45) is 0.900. The zero-order valence-electron chi connectivity index (χ0n) is 18.0. The number of aliphatic carboxylic acids is 1. The maximum Gasteiger partial charge on any atom is 0.300 e. The zero-order valence-corrected chi connectivity index (χ0v) is 18.0. The van der Waals surface area contributed by atoms with Crippen molar-refractivity contribution in [1.82, 2.24) is 16.0 Å². The number of aromatic hydroxyl groups is 2. The Balaban J connectivity index is 0.00000206. The Morgan fingerprint density at radius 3 is 2.16 bits per heavy atom. The zero-order chi connectivity index (χ0) is 24.0. The number of carboxylic acid groups (broad SMARTS) is 1. The fourth-order valence-electron chi connectivity index (χ4n) is 2.38. The summed E-state index contributed by atoms with van der Waals surface area (Å²) in [5, 5.41) is 33.9. The van der Waals surface area contributed by atoms with Crippen LogP contribution in [0.2, 0.25) is 0 Å². The molecule has 31 heavy (non-hydrogen) atoms. The molecule has 0 aliphatic carbocycles. The molecule has 0 bridgehead atoms. The molecule has 1 aromatic carbocycles. The molecule has 0 saturated carbocycles. The Morgan fingerprint density at radius 2 is 1.65 bits per heavy atom. The molecule has 0 aliphatic rings. The lowest BCUT2D eigenvalue weighted by Crippen LogP contribution is -2.50. The summed E-state index contributed by atoms with van der Waals surface area (Å²) in [6.45, 7) is 4.79. The minimum absolute atomic E-state index is 0.175. The molecule has 0 radical (unpaired) electrons. The predicted octanol–water partition coefficient (Wildman–Crippen LogP) is -0.547. The molecule has 8 N–H and O–H groups in total. The fraction of sp³-hybridized carbons (Fsp3) is 0.500. The second-order valence-electron chi connectivity index (χ2n) is 7.11. The Hall–Kier alpha value is -3.34. The lowest BCUT2D eigenvalue weighted by molar-refractivity contribution is -0.134. The van der Waals surface area contributed by atoms with E-state index in [1.807, 2.05) is 13.8 Å². The van der Waals surface area contributed by atoms with E-state index in [0.717, 1.165) is 12.5 Å². The van der Waals surface area contributed by atoms with Crippen molar-refractivity contribution in [1.29, 1.82) is 0 Å². The summed E-state index contributed by atoms with van der Waals surface area (Å²) in [5.41, 5.74) is 5.91. The Labute approximate surface area is 181 Å². The van der Waals surface area contributed by atoms with Gasteiger partial charge in [-0.1, -0.05) is 19.9 Å². The molecule has 11 nitrogen and oxygen atoms in total. The summed E-state index contributed by atoms with van der Waals surface area (Å²) < 4.78 is 0. The van der Waals surface area contributed by atoms with E-state index in [1.54, 1.807) is 6.07 Å². The van der Waals surface area contributed by atoms with Crippen LogP contribution in [0.1, 0.15) is 32.8 Å². The topological polar surface area (TPSA) is 191 Å². The average molecular weight is 440 g/mol. The van der Waals surface area contributed by atoms with Crippen LogP contribution in [0, 0.1) is 5.92 Å². The van der Waals surface area contributed by atoms with Gasteiger partial charge in [0.05, 0.1) is 13.1 Å². The van der Waals surface area contributed by atoms with Gasteiger partial charge in [-0.25, -0.2) is 0 Å². The third-order valence-electron chi connectivity index (χ3n) is 3.74. The predicted molar refractivity (Wildman–Crippen MR) is 113 cm³/mol. The van der Waals surface area contributed by atoms with Crippen molar-refractivity contribution in [2.24, 2.45) is 11.7 Å². The monoisotopic (exact) mass is 440 g/mol. The third kappa shape index (κ3) is 13.5. The number of carbonyl (C=O) groups excluding carboxylic acids is 3. The highest BCUT2D eigenvalue weighted by Gasteiger charge is 2.21. The molecular weight excluding hydrogens is 408 g/mol. The number of nitrogens with two attached hydrogens (primary N) is 1. The van der Waals surface area contributed by atoms with E-state index >= 15 is 0 Å². The Bertz CT molecular complexity index is 749. The van der Waals surface area contributed by atoms with Crippen LogP contribution in [0.25, 0.3) is 0 Å². The van der Waals surface area contributed by atoms with Crippen LogP contribution < -0.4 is 21.7 Å². The number of carbonyl (C=O) groups is 4. The molecule has 174 valence electrons. The molecule has 0 heterocycles. The lowest BCUT2D eigenvalue weighted by atomic mass is 10.0. The van der Waals surface area contributed by atoms with Crippen molar-refractivity contribution in [3.8, 4) is 11.5 Å². The third-order valence-corrected chi connectivity index (χ3v) is 3.74. The van der Waals surface area contributed by atoms with E-state index < -0.39 is 23.8 Å². The van der Waals surface area contributed by atoms with E-state index in [9.17, 15) is 24.6 Å². The minimum Gasteiger partial charge on any atom is -0.504 e. The van der Waals surface area contributed by atoms with E-state index in [4.69, 9.17) is 15.6 Å². The van der Waals surface area contributed by atoms with Gasteiger partial charge in [-0.2, -0.15) is 0 Å². The van der Waals surface area contributed by atoms with E-state index in [0.29, 0.717) is 19.4 Å². The maximum atomic E-state index is 12.4. The molecule has 0 spiro atoms. The molecule has 1 aromatic rings. The molecule has 1 rings (SSSR count). The number of phenols is 2. The van der Waals surface area contributed by atoms with Gasteiger partial charge in [-0.05, 0) is 36.5 Å². The van der Waals surface area contributed by atoms with E-state index in [-0.39, 0.29) is 36.4 Å². The van der Waals surface area contributed by atoms with Gasteiger partial charge in [0.25, 0.3) is 5.97 Å². The summed E-state index contributed by atoms with van der Waals surface area (Å²) >= 11 is 0. The van der Waals surface area contributed by atoms with Crippen molar-refractivity contribution < 1.29 is 34.5 Å². The summed E-state index contributed by atoms with van der Waals surface area (Å²) in [5.74, 6) is -2.33. The summed E-state index contributed by atoms with van der Waals surface area (Å²) in [4.78, 5) is 44.4. The number of amides is 3. The quantitative estimate of drug-likeness (QED) is 0.236. The second-order valence-corrected chi connectivity index (χ2v) is 7.11. The minimum atomic E-state index is -0.833. The normalized spacial score (nSPS) is 11.0. The van der Waals surface area contributed by atoms with Crippen molar-refractivity contribution in [3.63, 3.8) is 0 Å².